The average Bonchev–Trinajstić information content (AvgIpc) is 3.18. The Hall–Kier alpha value is -1.94. The summed E-state index contributed by atoms with van der Waals surface area (Å²) in [6.45, 7) is 3.84. The van der Waals surface area contributed by atoms with Crippen LogP contribution in [0.3, 0.4) is 0 Å². The van der Waals surface area contributed by atoms with Crippen LogP contribution in [-0.4, -0.2) is 39.6 Å². The molecular formula is C21H23BF3NO3S2. The summed E-state index contributed by atoms with van der Waals surface area (Å²) in [5.74, 6) is -0.816. The number of ether oxygens (including phenoxy) is 1. The van der Waals surface area contributed by atoms with Crippen molar-refractivity contribution in [3.63, 3.8) is 0 Å². The Labute approximate surface area is 189 Å². The first kappa shape index (κ1) is 25.3. The summed E-state index contributed by atoms with van der Waals surface area (Å²) in [6.07, 6.45) is -5.26. The van der Waals surface area contributed by atoms with Crippen LogP contribution >= 0.6 is 23.1 Å². The zero-order chi connectivity index (χ0) is 23.2. The molecule has 166 valence electrons. The molecule has 4 nitrogen and oxygen atoms in total. The molecule has 0 aliphatic heterocycles. The van der Waals surface area contributed by atoms with Gasteiger partial charge in [-0.3, -0.25) is 9.59 Å². The lowest BCUT2D eigenvalue weighted by atomic mass is 9.87. The van der Waals surface area contributed by atoms with E-state index in [9.17, 15) is 22.8 Å². The van der Waals surface area contributed by atoms with E-state index >= 15 is 0 Å². The molecule has 0 fully saturated rings. The Morgan fingerprint density at radius 2 is 1.87 bits per heavy atom. The van der Waals surface area contributed by atoms with Crippen molar-refractivity contribution in [2.24, 2.45) is 0 Å². The number of hydrogen-bond acceptors (Lipinski definition) is 5. The highest BCUT2D eigenvalue weighted by molar-refractivity contribution is 7.99. The third-order valence-corrected chi connectivity index (χ3v) is 7.17. The number of carbonyl (C=O) groups excluding carboxylic acids is 2. The minimum atomic E-state index is -4.27. The van der Waals surface area contributed by atoms with Gasteiger partial charge in [-0.15, -0.1) is 23.1 Å². The molecule has 2 rings (SSSR count). The molecule has 1 aromatic heterocycles. The first-order chi connectivity index (χ1) is 14.5. The highest BCUT2D eigenvalue weighted by atomic mass is 32.2. The van der Waals surface area contributed by atoms with Crippen LogP contribution in [0.15, 0.2) is 29.2 Å². The van der Waals surface area contributed by atoms with Gasteiger partial charge in [-0.25, -0.2) is 0 Å². The lowest BCUT2D eigenvalue weighted by molar-refractivity contribution is -0.140. The van der Waals surface area contributed by atoms with Crippen LogP contribution in [0.5, 0.6) is 0 Å². The molecule has 0 saturated carbocycles. The second-order valence-electron chi connectivity index (χ2n) is 7.02. The van der Waals surface area contributed by atoms with E-state index in [1.807, 2.05) is 26.0 Å². The molecule has 1 N–H and O–H groups in total. The lowest BCUT2D eigenvalue weighted by Crippen LogP contribution is -2.25. The summed E-state index contributed by atoms with van der Waals surface area (Å²) in [4.78, 5) is 25.3. The molecule has 0 bridgehead atoms. The molecule has 1 unspecified atom stereocenters. The zero-order valence-corrected chi connectivity index (χ0v) is 19.1. The summed E-state index contributed by atoms with van der Waals surface area (Å²) in [6, 6.07) is 7.00. The minimum absolute atomic E-state index is 0.0420. The number of carbonyl (C=O) groups is 2. The largest absolute Gasteiger partial charge is 0.469 e. The van der Waals surface area contributed by atoms with Crippen molar-refractivity contribution in [2.45, 2.75) is 49.4 Å². The number of amides is 1. The van der Waals surface area contributed by atoms with Crippen molar-refractivity contribution in [3.05, 3.63) is 45.1 Å². The van der Waals surface area contributed by atoms with E-state index in [4.69, 9.17) is 7.85 Å². The minimum Gasteiger partial charge on any atom is -0.469 e. The second-order valence-corrected chi connectivity index (χ2v) is 9.41. The van der Waals surface area contributed by atoms with Gasteiger partial charge < -0.3 is 10.1 Å². The van der Waals surface area contributed by atoms with Crippen LogP contribution in [-0.2, 0) is 9.53 Å². The van der Waals surface area contributed by atoms with E-state index in [-0.39, 0.29) is 25.3 Å². The van der Waals surface area contributed by atoms with Gasteiger partial charge in [0.25, 0.3) is 5.91 Å². The number of thiophene rings is 1. The Bertz CT molecular complexity index is 908. The second kappa shape index (κ2) is 11.1. The van der Waals surface area contributed by atoms with Gasteiger partial charge in [-0.05, 0) is 44.5 Å². The smallest absolute Gasteiger partial charge is 0.389 e. The van der Waals surface area contributed by atoms with Gasteiger partial charge in [0, 0.05) is 28.0 Å². The van der Waals surface area contributed by atoms with E-state index in [2.05, 4.69) is 10.1 Å². The lowest BCUT2D eigenvalue weighted by Gasteiger charge is -2.18. The Morgan fingerprint density at radius 3 is 2.45 bits per heavy atom. The summed E-state index contributed by atoms with van der Waals surface area (Å²) in [7, 11) is 7.25. The van der Waals surface area contributed by atoms with Crippen molar-refractivity contribution in [3.8, 4) is 0 Å². The van der Waals surface area contributed by atoms with E-state index in [0.29, 0.717) is 15.2 Å². The van der Waals surface area contributed by atoms with Gasteiger partial charge in [-0.2, -0.15) is 13.2 Å². The van der Waals surface area contributed by atoms with Crippen molar-refractivity contribution in [1.82, 2.24) is 5.32 Å². The van der Waals surface area contributed by atoms with Crippen LogP contribution in [0.4, 0.5) is 13.2 Å². The van der Waals surface area contributed by atoms with Gasteiger partial charge in [0.2, 0.25) is 0 Å². The maximum atomic E-state index is 12.9. The van der Waals surface area contributed by atoms with Crippen molar-refractivity contribution >= 4 is 48.3 Å². The quantitative estimate of drug-likeness (QED) is 0.331. The van der Waals surface area contributed by atoms with E-state index in [1.54, 1.807) is 12.1 Å². The highest BCUT2D eigenvalue weighted by Crippen LogP contribution is 2.43. The third-order valence-electron chi connectivity index (χ3n) is 4.55. The van der Waals surface area contributed by atoms with Crippen molar-refractivity contribution < 1.29 is 27.5 Å². The van der Waals surface area contributed by atoms with Gasteiger partial charge in [0.1, 0.15) is 7.85 Å². The third kappa shape index (κ3) is 7.92. The van der Waals surface area contributed by atoms with Crippen molar-refractivity contribution in [2.75, 3.05) is 13.7 Å². The molecule has 10 heteroatoms. The monoisotopic (exact) mass is 469 g/mol. The molecule has 31 heavy (non-hydrogen) atoms. The Kier molecular flexibility index (Phi) is 9.06. The maximum Gasteiger partial charge on any atom is 0.389 e. The summed E-state index contributed by atoms with van der Waals surface area (Å²) in [5.41, 5.74) is 2.40. The number of hydrogen-bond donors (Lipinski definition) is 1. The summed E-state index contributed by atoms with van der Waals surface area (Å²) < 4.78 is 43.2. The maximum absolute atomic E-state index is 12.9. The number of methoxy groups -OCH3 is 1. The number of thioether (sulfide) groups is 1. The normalized spacial score (nSPS) is 12.5. The molecule has 1 atom stereocenters. The predicted octanol–water partition coefficient (Wildman–Crippen LogP) is 4.63. The number of aryl methyl sites for hydroxylation is 2. The summed E-state index contributed by atoms with van der Waals surface area (Å²) in [5, 5.41) is 2.15. The van der Waals surface area contributed by atoms with Gasteiger partial charge >= 0.3 is 12.1 Å². The number of rotatable bonds is 9. The van der Waals surface area contributed by atoms with E-state index in [1.165, 1.54) is 18.9 Å². The molecule has 1 amide bonds. The average molecular weight is 469 g/mol. The molecule has 2 aromatic rings. The first-order valence-corrected chi connectivity index (χ1v) is 11.2. The van der Waals surface area contributed by atoms with Crippen LogP contribution in [0.1, 0.15) is 50.2 Å². The van der Waals surface area contributed by atoms with E-state index in [0.717, 1.165) is 27.4 Å². The van der Waals surface area contributed by atoms with E-state index < -0.39 is 23.8 Å². The highest BCUT2D eigenvalue weighted by Gasteiger charge is 2.30. The first-order valence-electron chi connectivity index (χ1n) is 9.55. The number of benzene rings is 1. The standard InChI is InChI=1S/C21H23BF3NO3S2/c1-12-10-14(11-13(2)19(12)22)30-16(6-8-21(23,24)25)15-4-5-17(31-15)20(28)26-9-7-18(27)29-3/h4-5,10-11,16H,6-9H2,1-3H3,(H,26,28). The Balaban J connectivity index is 2.17. The zero-order valence-electron chi connectivity index (χ0n) is 17.5. The molecule has 1 heterocycles. The number of alkyl halides is 3. The van der Waals surface area contributed by atoms with Crippen LogP contribution in [0.2, 0.25) is 0 Å². The number of halogens is 3. The molecule has 0 saturated heterocycles. The summed E-state index contributed by atoms with van der Waals surface area (Å²) >= 11 is 2.49. The van der Waals surface area contributed by atoms with Crippen LogP contribution in [0, 0.1) is 13.8 Å². The van der Waals surface area contributed by atoms with Crippen molar-refractivity contribution in [1.29, 1.82) is 0 Å². The fourth-order valence-electron chi connectivity index (χ4n) is 2.84. The van der Waals surface area contributed by atoms with Crippen LogP contribution < -0.4 is 10.8 Å². The number of nitrogens with one attached hydrogen (secondary N) is 1. The molecular weight excluding hydrogens is 446 g/mol. The molecule has 0 aliphatic rings. The topological polar surface area (TPSA) is 55.4 Å². The number of esters is 1. The molecule has 1 aromatic carbocycles. The predicted molar refractivity (Wildman–Crippen MR) is 118 cm³/mol. The van der Waals surface area contributed by atoms with Gasteiger partial charge in [0.15, 0.2) is 0 Å². The fraction of sp³-hybridized carbons (Fsp3) is 0.429. The van der Waals surface area contributed by atoms with Gasteiger partial charge in [0.05, 0.1) is 18.4 Å². The van der Waals surface area contributed by atoms with Crippen LogP contribution in [0.25, 0.3) is 0 Å². The fourth-order valence-corrected chi connectivity index (χ4v) is 5.31. The molecule has 0 aliphatic carbocycles. The Morgan fingerprint density at radius 1 is 1.23 bits per heavy atom. The molecule has 2 radical (unpaired) electrons. The molecule has 0 spiro atoms. The van der Waals surface area contributed by atoms with Gasteiger partial charge in [-0.1, -0.05) is 16.6 Å². The SMILES string of the molecule is [B]c1c(C)cc(SC(CCC(F)(F)F)c2ccc(C(=O)NCCC(=O)OC)s2)cc1C.